The number of alkyl halides is 3. The number of hydrogen-bond acceptors (Lipinski definition) is 5. The third kappa shape index (κ3) is 4.78. The van der Waals surface area contributed by atoms with Crippen LogP contribution in [0.3, 0.4) is 0 Å². The van der Waals surface area contributed by atoms with Crippen LogP contribution in [0.2, 0.25) is 5.02 Å². The Bertz CT molecular complexity index is 1060. The predicted molar refractivity (Wildman–Crippen MR) is 94.0 cm³/mol. The van der Waals surface area contributed by atoms with Gasteiger partial charge in [0.1, 0.15) is 23.4 Å². The van der Waals surface area contributed by atoms with E-state index < -0.39 is 46.7 Å². The van der Waals surface area contributed by atoms with Gasteiger partial charge in [0, 0.05) is 19.2 Å². The number of carbonyl (C=O) groups is 1. The lowest BCUT2D eigenvalue weighted by Gasteiger charge is -2.17. The molecule has 0 saturated heterocycles. The lowest BCUT2D eigenvalue weighted by atomic mass is 10.2. The van der Waals surface area contributed by atoms with Gasteiger partial charge in [0.05, 0.1) is 24.2 Å². The third-order valence-electron chi connectivity index (χ3n) is 3.86. The maximum Gasteiger partial charge on any atom is 0.431 e. The first-order valence-electron chi connectivity index (χ1n) is 8.00. The van der Waals surface area contributed by atoms with Crippen LogP contribution < -0.4 is 16.0 Å². The summed E-state index contributed by atoms with van der Waals surface area (Å²) in [6.07, 6.45) is -5.91. The number of rotatable bonds is 5. The smallest absolute Gasteiger partial charge is 0.431 e. The lowest BCUT2D eigenvalue weighted by Crippen LogP contribution is -2.41. The summed E-state index contributed by atoms with van der Waals surface area (Å²) in [7, 11) is 1.97. The quantitative estimate of drug-likeness (QED) is 0.530. The van der Waals surface area contributed by atoms with Crippen molar-refractivity contribution in [1.82, 2.24) is 9.13 Å². The van der Waals surface area contributed by atoms with Gasteiger partial charge in [-0.25, -0.2) is 13.8 Å². The zero-order valence-corrected chi connectivity index (χ0v) is 16.1. The molecular weight excluding hydrogens is 424 g/mol. The monoisotopic (exact) mass is 438 g/mol. The predicted octanol–water partition coefficient (Wildman–Crippen LogP) is 2.68. The molecular formula is C17H15ClF4N2O5. The fraction of sp³-hybridized carbons (Fsp3) is 0.353. The van der Waals surface area contributed by atoms with Crippen LogP contribution in [0.4, 0.5) is 17.6 Å². The van der Waals surface area contributed by atoms with Gasteiger partial charge >= 0.3 is 17.8 Å². The molecule has 12 heteroatoms. The van der Waals surface area contributed by atoms with Crippen LogP contribution in [0.5, 0.6) is 5.75 Å². The summed E-state index contributed by atoms with van der Waals surface area (Å²) in [5.74, 6) is -1.92. The summed E-state index contributed by atoms with van der Waals surface area (Å²) >= 11 is 5.90. The van der Waals surface area contributed by atoms with Crippen LogP contribution in [0, 0.1) is 5.82 Å². The first-order chi connectivity index (χ1) is 13.4. The minimum absolute atomic E-state index is 0.176. The molecule has 0 aliphatic rings. The Morgan fingerprint density at radius 3 is 2.41 bits per heavy atom. The van der Waals surface area contributed by atoms with E-state index in [0.29, 0.717) is 0 Å². The highest BCUT2D eigenvalue weighted by Crippen LogP contribution is 2.31. The maximum absolute atomic E-state index is 14.4. The van der Waals surface area contributed by atoms with E-state index in [1.54, 1.807) is 0 Å². The summed E-state index contributed by atoms with van der Waals surface area (Å²) in [5, 5.41) is -0.236. The Kier molecular flexibility index (Phi) is 6.41. The van der Waals surface area contributed by atoms with Gasteiger partial charge in [-0.05, 0) is 13.0 Å². The molecule has 0 aliphatic heterocycles. The Hall–Kier alpha value is -2.82. The lowest BCUT2D eigenvalue weighted by molar-refractivity contribution is -0.144. The minimum Gasteiger partial charge on any atom is -0.488 e. The van der Waals surface area contributed by atoms with Crippen LogP contribution in [0.25, 0.3) is 5.69 Å². The van der Waals surface area contributed by atoms with Gasteiger partial charge in [-0.1, -0.05) is 11.6 Å². The number of methoxy groups -OCH3 is 1. The molecule has 1 aromatic heterocycles. The first-order valence-corrected chi connectivity index (χ1v) is 8.37. The van der Waals surface area contributed by atoms with Gasteiger partial charge in [-0.3, -0.25) is 14.2 Å². The molecule has 7 nitrogen and oxygen atoms in total. The molecule has 1 atom stereocenters. The molecule has 0 fully saturated rings. The standard InChI is InChI=1S/C17H15ClF4N2O5/c1-8(4-15(26)28-3)29-12-6-11(10(19)5-9(12)18)24-14(25)7-13(17(20,21)22)23(2)16(24)27/h5-8H,4H2,1-3H3/t8-/m1/s1. The van der Waals surface area contributed by atoms with Crippen LogP contribution in [-0.4, -0.2) is 28.3 Å². The largest absolute Gasteiger partial charge is 0.488 e. The number of aromatic nitrogens is 2. The van der Waals surface area contributed by atoms with E-state index in [0.717, 1.165) is 19.2 Å². The highest BCUT2D eigenvalue weighted by atomic mass is 35.5. The fourth-order valence-electron chi connectivity index (χ4n) is 2.48. The van der Waals surface area contributed by atoms with Gasteiger partial charge < -0.3 is 9.47 Å². The molecule has 0 bridgehead atoms. The van der Waals surface area contributed by atoms with Gasteiger partial charge in [0.25, 0.3) is 5.56 Å². The molecule has 2 rings (SSSR count). The Morgan fingerprint density at radius 2 is 1.86 bits per heavy atom. The molecule has 29 heavy (non-hydrogen) atoms. The molecule has 2 aromatic rings. The number of halogens is 5. The van der Waals surface area contributed by atoms with Crippen molar-refractivity contribution in [3.63, 3.8) is 0 Å². The van der Waals surface area contributed by atoms with Crippen molar-refractivity contribution in [2.45, 2.75) is 25.6 Å². The maximum atomic E-state index is 14.4. The van der Waals surface area contributed by atoms with Crippen molar-refractivity contribution in [2.75, 3.05) is 7.11 Å². The van der Waals surface area contributed by atoms with Gasteiger partial charge in [-0.2, -0.15) is 13.2 Å². The molecule has 1 heterocycles. The van der Waals surface area contributed by atoms with E-state index in [-0.39, 0.29) is 32.4 Å². The van der Waals surface area contributed by atoms with Crippen molar-refractivity contribution in [1.29, 1.82) is 0 Å². The second-order valence-corrected chi connectivity index (χ2v) is 6.39. The van der Waals surface area contributed by atoms with Gasteiger partial charge in [0.15, 0.2) is 0 Å². The van der Waals surface area contributed by atoms with E-state index in [2.05, 4.69) is 4.74 Å². The Balaban J connectivity index is 2.59. The van der Waals surface area contributed by atoms with E-state index in [4.69, 9.17) is 16.3 Å². The van der Waals surface area contributed by atoms with Crippen molar-refractivity contribution >= 4 is 17.6 Å². The molecule has 1 aromatic carbocycles. The fourth-order valence-corrected chi connectivity index (χ4v) is 2.67. The van der Waals surface area contributed by atoms with Crippen molar-refractivity contribution in [3.05, 3.63) is 55.6 Å². The summed E-state index contributed by atoms with van der Waals surface area (Å²) < 4.78 is 63.6. The molecule has 0 N–H and O–H groups in total. The van der Waals surface area contributed by atoms with Gasteiger partial charge in [-0.15, -0.1) is 0 Å². The third-order valence-corrected chi connectivity index (χ3v) is 4.16. The summed E-state index contributed by atoms with van der Waals surface area (Å²) in [4.78, 5) is 35.8. The molecule has 0 saturated carbocycles. The normalized spacial score (nSPS) is 12.6. The van der Waals surface area contributed by atoms with Crippen molar-refractivity contribution < 1.29 is 31.8 Å². The molecule has 0 spiro atoms. The average molecular weight is 439 g/mol. The average Bonchev–Trinajstić information content (AvgIpc) is 2.60. The summed E-state index contributed by atoms with van der Waals surface area (Å²) in [6.45, 7) is 1.49. The number of hydrogen-bond donors (Lipinski definition) is 0. The van der Waals surface area contributed by atoms with E-state index in [1.165, 1.54) is 14.0 Å². The Labute approximate surface area is 166 Å². The summed E-state index contributed by atoms with van der Waals surface area (Å²) in [6, 6.07) is 1.80. The number of ether oxygens (including phenoxy) is 2. The molecule has 0 radical (unpaired) electrons. The van der Waals surface area contributed by atoms with Crippen LogP contribution in [-0.2, 0) is 22.8 Å². The Morgan fingerprint density at radius 1 is 1.24 bits per heavy atom. The zero-order valence-electron chi connectivity index (χ0n) is 15.3. The van der Waals surface area contributed by atoms with Crippen LogP contribution in [0.1, 0.15) is 19.0 Å². The number of nitrogens with zero attached hydrogens (tertiary/aromatic N) is 2. The highest BCUT2D eigenvalue weighted by Gasteiger charge is 2.35. The van der Waals surface area contributed by atoms with E-state index in [1.807, 2.05) is 0 Å². The van der Waals surface area contributed by atoms with E-state index in [9.17, 15) is 31.9 Å². The zero-order chi connectivity index (χ0) is 22.1. The van der Waals surface area contributed by atoms with Crippen LogP contribution >= 0.6 is 11.6 Å². The second-order valence-electron chi connectivity index (χ2n) is 5.99. The van der Waals surface area contributed by atoms with Crippen LogP contribution in [0.15, 0.2) is 27.8 Å². The van der Waals surface area contributed by atoms with Gasteiger partial charge in [0.2, 0.25) is 0 Å². The van der Waals surface area contributed by atoms with Crippen molar-refractivity contribution in [2.24, 2.45) is 7.05 Å². The number of esters is 1. The van der Waals surface area contributed by atoms with Crippen molar-refractivity contribution in [3.8, 4) is 11.4 Å². The molecule has 0 unspecified atom stereocenters. The molecule has 158 valence electrons. The highest BCUT2D eigenvalue weighted by molar-refractivity contribution is 6.32. The first kappa shape index (κ1) is 22.5. The molecule has 0 amide bonds. The number of benzene rings is 1. The number of carbonyl (C=O) groups excluding carboxylic acids is 1. The SMILES string of the molecule is COC(=O)C[C@@H](C)Oc1cc(-n2c(=O)cc(C(F)(F)F)n(C)c2=O)c(F)cc1Cl. The molecule has 0 aliphatic carbocycles. The minimum atomic E-state index is -4.96. The van der Waals surface area contributed by atoms with E-state index >= 15 is 0 Å². The second kappa shape index (κ2) is 8.27. The summed E-state index contributed by atoms with van der Waals surface area (Å²) in [5.41, 5.74) is -4.95. The topological polar surface area (TPSA) is 79.5 Å².